The summed E-state index contributed by atoms with van der Waals surface area (Å²) in [5.41, 5.74) is 2.55. The molecule has 1 aromatic carbocycles. The van der Waals surface area contributed by atoms with Crippen LogP contribution in [0, 0.1) is 0 Å². The van der Waals surface area contributed by atoms with E-state index in [4.69, 9.17) is 16.6 Å². The van der Waals surface area contributed by atoms with E-state index in [-0.39, 0.29) is 5.91 Å². The molecule has 4 rings (SSSR count). The Hall–Kier alpha value is -2.93. The maximum atomic E-state index is 11.7. The number of aromatic nitrogens is 4. The molecular formula is C20H21ClN6O. The zero-order valence-electron chi connectivity index (χ0n) is 15.6. The summed E-state index contributed by atoms with van der Waals surface area (Å²) >= 11 is 6.04. The van der Waals surface area contributed by atoms with E-state index in [0.29, 0.717) is 30.5 Å². The van der Waals surface area contributed by atoms with Gasteiger partial charge in [-0.15, -0.1) is 0 Å². The first-order valence-electron chi connectivity index (χ1n) is 9.24. The van der Waals surface area contributed by atoms with E-state index in [9.17, 15) is 4.79 Å². The second-order valence-electron chi connectivity index (χ2n) is 6.74. The number of benzene rings is 1. The Balaban J connectivity index is 1.60. The van der Waals surface area contributed by atoms with Gasteiger partial charge in [0.2, 0.25) is 11.9 Å². The van der Waals surface area contributed by atoms with Gasteiger partial charge in [0.05, 0.1) is 11.3 Å². The Morgan fingerprint density at radius 2 is 2.04 bits per heavy atom. The van der Waals surface area contributed by atoms with E-state index in [1.807, 2.05) is 47.0 Å². The van der Waals surface area contributed by atoms with Gasteiger partial charge in [0.15, 0.2) is 0 Å². The van der Waals surface area contributed by atoms with Gasteiger partial charge in [0, 0.05) is 62.3 Å². The van der Waals surface area contributed by atoms with Crippen molar-refractivity contribution in [3.63, 3.8) is 0 Å². The molecular weight excluding hydrogens is 376 g/mol. The summed E-state index contributed by atoms with van der Waals surface area (Å²) in [7, 11) is 1.94. The van der Waals surface area contributed by atoms with E-state index >= 15 is 0 Å². The Morgan fingerprint density at radius 3 is 2.71 bits per heavy atom. The van der Waals surface area contributed by atoms with Crippen molar-refractivity contribution in [1.82, 2.24) is 24.4 Å². The average molecular weight is 397 g/mol. The van der Waals surface area contributed by atoms with Crippen LogP contribution in [0.5, 0.6) is 0 Å². The van der Waals surface area contributed by atoms with Gasteiger partial charge in [-0.1, -0.05) is 23.7 Å². The maximum absolute atomic E-state index is 11.7. The monoisotopic (exact) mass is 396 g/mol. The van der Waals surface area contributed by atoms with E-state index in [1.165, 1.54) is 0 Å². The van der Waals surface area contributed by atoms with Crippen LogP contribution in [0.1, 0.15) is 12.8 Å². The number of halogens is 1. The number of carbonyl (C=O) groups is 1. The normalized spacial score (nSPS) is 13.9. The molecule has 1 aliphatic rings. The number of aryl methyl sites for hydroxylation is 1. The Kier molecular flexibility index (Phi) is 5.25. The minimum Gasteiger partial charge on any atom is -0.352 e. The molecule has 1 aliphatic heterocycles. The molecule has 0 unspecified atom stereocenters. The number of nitrogens with zero attached hydrogens (tertiary/aromatic N) is 5. The third-order valence-electron chi connectivity index (χ3n) is 4.80. The number of likely N-dealkylation sites (tertiary alicyclic amines) is 1. The molecule has 0 spiro atoms. The molecule has 1 saturated heterocycles. The molecule has 28 heavy (non-hydrogen) atoms. The number of anilines is 1. The molecule has 8 heteroatoms. The predicted octanol–water partition coefficient (Wildman–Crippen LogP) is 3.23. The predicted molar refractivity (Wildman–Crippen MR) is 109 cm³/mol. The zero-order chi connectivity index (χ0) is 19.5. The molecule has 3 aromatic rings. The minimum atomic E-state index is 0.217. The first-order valence-corrected chi connectivity index (χ1v) is 9.62. The summed E-state index contributed by atoms with van der Waals surface area (Å²) in [6.07, 6.45) is 7.01. The van der Waals surface area contributed by atoms with Crippen LogP contribution >= 0.6 is 11.6 Å². The van der Waals surface area contributed by atoms with Crippen molar-refractivity contribution in [2.45, 2.75) is 12.8 Å². The number of imidazole rings is 1. The van der Waals surface area contributed by atoms with E-state index in [0.717, 1.165) is 35.6 Å². The lowest BCUT2D eigenvalue weighted by atomic mass is 10.1. The van der Waals surface area contributed by atoms with E-state index in [2.05, 4.69) is 15.3 Å². The molecule has 0 saturated carbocycles. The number of hydrogen-bond acceptors (Lipinski definition) is 5. The first-order chi connectivity index (χ1) is 13.6. The number of amides is 1. The third kappa shape index (κ3) is 3.84. The molecule has 0 radical (unpaired) electrons. The zero-order valence-corrected chi connectivity index (χ0v) is 16.4. The van der Waals surface area contributed by atoms with Crippen LogP contribution in [0.3, 0.4) is 0 Å². The highest BCUT2D eigenvalue weighted by atomic mass is 35.5. The van der Waals surface area contributed by atoms with E-state index < -0.39 is 0 Å². The van der Waals surface area contributed by atoms with Gasteiger partial charge in [0.25, 0.3) is 0 Å². The highest BCUT2D eigenvalue weighted by molar-refractivity contribution is 6.30. The van der Waals surface area contributed by atoms with Gasteiger partial charge in [0.1, 0.15) is 5.82 Å². The van der Waals surface area contributed by atoms with Crippen molar-refractivity contribution >= 4 is 23.5 Å². The molecule has 0 aliphatic carbocycles. The SMILES string of the molecule is Cn1ccnc1-c1cnc(NCCN2CCCC2=O)nc1-c1ccc(Cl)cc1. The minimum absolute atomic E-state index is 0.217. The largest absolute Gasteiger partial charge is 0.352 e. The van der Waals surface area contributed by atoms with Crippen molar-refractivity contribution in [3.05, 3.63) is 47.9 Å². The van der Waals surface area contributed by atoms with Crippen LogP contribution in [0.25, 0.3) is 22.6 Å². The lowest BCUT2D eigenvalue weighted by Gasteiger charge is -2.16. The van der Waals surface area contributed by atoms with Gasteiger partial charge in [-0.2, -0.15) is 0 Å². The topological polar surface area (TPSA) is 75.9 Å². The van der Waals surface area contributed by atoms with Crippen molar-refractivity contribution in [2.75, 3.05) is 25.0 Å². The van der Waals surface area contributed by atoms with Crippen molar-refractivity contribution in [3.8, 4) is 22.6 Å². The highest BCUT2D eigenvalue weighted by Gasteiger charge is 2.19. The molecule has 3 heterocycles. The van der Waals surface area contributed by atoms with Crippen LogP contribution in [0.4, 0.5) is 5.95 Å². The van der Waals surface area contributed by atoms with E-state index in [1.54, 1.807) is 12.4 Å². The standard InChI is InChI=1S/C20H21ClN6O/c1-26-11-8-22-19(26)16-13-24-20(23-9-12-27-10-2-3-17(27)28)25-18(16)14-4-6-15(21)7-5-14/h4-8,11,13H,2-3,9-10,12H2,1H3,(H,23,24,25). The quantitative estimate of drug-likeness (QED) is 0.692. The number of carbonyl (C=O) groups excluding carboxylic acids is 1. The summed E-state index contributed by atoms with van der Waals surface area (Å²) in [5, 5.41) is 3.90. The molecule has 1 amide bonds. The first kappa shape index (κ1) is 18.4. The fourth-order valence-corrected chi connectivity index (χ4v) is 3.45. The van der Waals surface area contributed by atoms with Crippen molar-refractivity contribution < 1.29 is 4.79 Å². The van der Waals surface area contributed by atoms with Crippen LogP contribution in [0.2, 0.25) is 5.02 Å². The molecule has 2 aromatic heterocycles. The summed E-state index contributed by atoms with van der Waals surface area (Å²) in [4.78, 5) is 27.2. The molecule has 1 N–H and O–H groups in total. The van der Waals surface area contributed by atoms with Gasteiger partial charge < -0.3 is 14.8 Å². The lowest BCUT2D eigenvalue weighted by Crippen LogP contribution is -2.30. The molecule has 1 fully saturated rings. The molecule has 144 valence electrons. The number of nitrogens with one attached hydrogen (secondary N) is 1. The van der Waals surface area contributed by atoms with Crippen molar-refractivity contribution in [2.24, 2.45) is 7.05 Å². The number of rotatable bonds is 6. The molecule has 0 atom stereocenters. The smallest absolute Gasteiger partial charge is 0.223 e. The Labute approximate surface area is 168 Å². The fourth-order valence-electron chi connectivity index (χ4n) is 3.33. The summed E-state index contributed by atoms with van der Waals surface area (Å²) in [6.45, 7) is 2.09. The third-order valence-corrected chi connectivity index (χ3v) is 5.06. The second-order valence-corrected chi connectivity index (χ2v) is 7.17. The van der Waals surface area contributed by atoms with Gasteiger partial charge in [-0.05, 0) is 18.6 Å². The molecule has 7 nitrogen and oxygen atoms in total. The van der Waals surface area contributed by atoms with Crippen LogP contribution < -0.4 is 5.32 Å². The number of hydrogen-bond donors (Lipinski definition) is 1. The molecule has 0 bridgehead atoms. The van der Waals surface area contributed by atoms with Crippen LogP contribution in [-0.2, 0) is 11.8 Å². The van der Waals surface area contributed by atoms with Crippen molar-refractivity contribution in [1.29, 1.82) is 0 Å². The maximum Gasteiger partial charge on any atom is 0.223 e. The second kappa shape index (κ2) is 7.98. The Bertz CT molecular complexity index is 985. The summed E-state index contributed by atoms with van der Waals surface area (Å²) < 4.78 is 1.93. The summed E-state index contributed by atoms with van der Waals surface area (Å²) in [6, 6.07) is 7.55. The summed E-state index contributed by atoms with van der Waals surface area (Å²) in [5.74, 6) is 1.53. The fraction of sp³-hybridized carbons (Fsp3) is 0.300. The Morgan fingerprint density at radius 1 is 1.21 bits per heavy atom. The lowest BCUT2D eigenvalue weighted by molar-refractivity contribution is -0.127. The van der Waals surface area contributed by atoms with Crippen LogP contribution in [-0.4, -0.2) is 50.0 Å². The average Bonchev–Trinajstić information content (AvgIpc) is 3.31. The van der Waals surface area contributed by atoms with Crippen LogP contribution in [0.15, 0.2) is 42.9 Å². The highest BCUT2D eigenvalue weighted by Crippen LogP contribution is 2.30. The van der Waals surface area contributed by atoms with Gasteiger partial charge in [-0.3, -0.25) is 4.79 Å². The van der Waals surface area contributed by atoms with Gasteiger partial charge >= 0.3 is 0 Å². The van der Waals surface area contributed by atoms with Gasteiger partial charge in [-0.25, -0.2) is 15.0 Å².